The maximum absolute atomic E-state index is 12.6. The van der Waals surface area contributed by atoms with Gasteiger partial charge in [0.25, 0.3) is 11.8 Å². The highest BCUT2D eigenvalue weighted by molar-refractivity contribution is 7.90. The molecule has 0 fully saturated rings. The van der Waals surface area contributed by atoms with Gasteiger partial charge in [-0.05, 0) is 67.4 Å². The van der Waals surface area contributed by atoms with Crippen LogP contribution in [-0.2, 0) is 9.84 Å². The van der Waals surface area contributed by atoms with Gasteiger partial charge in [0.15, 0.2) is 9.84 Å². The molecule has 0 unspecified atom stereocenters. The quantitative estimate of drug-likeness (QED) is 0.492. The predicted molar refractivity (Wildman–Crippen MR) is 128 cm³/mol. The molecule has 0 radical (unpaired) electrons. The van der Waals surface area contributed by atoms with E-state index in [1.54, 1.807) is 12.1 Å². The van der Waals surface area contributed by atoms with E-state index < -0.39 is 15.7 Å². The molecule has 0 aliphatic carbocycles. The third-order valence-corrected chi connectivity index (χ3v) is 6.66. The minimum atomic E-state index is -3.37. The van der Waals surface area contributed by atoms with Gasteiger partial charge in [-0.25, -0.2) is 8.42 Å². The predicted octanol–water partition coefficient (Wildman–Crippen LogP) is 5.52. The Bertz CT molecular complexity index is 1300. The van der Waals surface area contributed by atoms with E-state index >= 15 is 0 Å². The van der Waals surface area contributed by atoms with Gasteiger partial charge in [0.05, 0.1) is 20.6 Å². The van der Waals surface area contributed by atoms with Crippen LogP contribution >= 0.6 is 23.2 Å². The Morgan fingerprint density at radius 1 is 0.844 bits per heavy atom. The van der Waals surface area contributed by atoms with Crippen molar-refractivity contribution in [3.8, 4) is 0 Å². The summed E-state index contributed by atoms with van der Waals surface area (Å²) in [5.41, 5.74) is 3.19. The van der Waals surface area contributed by atoms with E-state index in [2.05, 4.69) is 10.6 Å². The molecule has 0 heterocycles. The topological polar surface area (TPSA) is 92.3 Å². The molecule has 3 aromatic rings. The SMILES string of the molecule is Cc1cccc(C(=O)Nc2cc(Cl)c(NC(=O)c3ccc(S(C)(=O)=O)cc3)c(Cl)c2)c1C. The molecule has 0 spiro atoms. The molecule has 3 rings (SSSR count). The highest BCUT2D eigenvalue weighted by atomic mass is 35.5. The molecule has 3 aromatic carbocycles. The average Bonchev–Trinajstić information content (AvgIpc) is 2.72. The first-order valence-corrected chi connectivity index (χ1v) is 12.1. The molecule has 0 saturated heterocycles. The minimum absolute atomic E-state index is 0.106. The van der Waals surface area contributed by atoms with E-state index in [4.69, 9.17) is 23.2 Å². The van der Waals surface area contributed by atoms with Crippen LogP contribution in [0.3, 0.4) is 0 Å². The Hall–Kier alpha value is -2.87. The Morgan fingerprint density at radius 2 is 1.44 bits per heavy atom. The van der Waals surface area contributed by atoms with Gasteiger partial charge in [-0.2, -0.15) is 0 Å². The molecule has 0 aliphatic heterocycles. The van der Waals surface area contributed by atoms with Gasteiger partial charge >= 0.3 is 0 Å². The molecule has 0 aromatic heterocycles. The van der Waals surface area contributed by atoms with Crippen molar-refractivity contribution in [2.45, 2.75) is 18.7 Å². The summed E-state index contributed by atoms with van der Waals surface area (Å²) in [5.74, 6) is -0.817. The first-order chi connectivity index (χ1) is 15.0. The molecule has 0 bridgehead atoms. The second-order valence-corrected chi connectivity index (χ2v) is 10.1. The number of carbonyl (C=O) groups excluding carboxylic acids is 2. The van der Waals surface area contributed by atoms with Crippen molar-refractivity contribution in [2.24, 2.45) is 0 Å². The van der Waals surface area contributed by atoms with Crippen LogP contribution in [0.2, 0.25) is 10.0 Å². The van der Waals surface area contributed by atoms with E-state index in [1.165, 1.54) is 36.4 Å². The zero-order valence-corrected chi connectivity index (χ0v) is 19.8. The van der Waals surface area contributed by atoms with E-state index in [-0.39, 0.29) is 32.1 Å². The number of amides is 2. The fourth-order valence-corrected chi connectivity index (χ4v) is 4.21. The molecule has 6 nitrogen and oxygen atoms in total. The Morgan fingerprint density at radius 3 is 2.00 bits per heavy atom. The number of hydrogen-bond donors (Lipinski definition) is 2. The van der Waals surface area contributed by atoms with E-state index in [0.717, 1.165) is 17.4 Å². The molecule has 0 aliphatic rings. The number of nitrogens with one attached hydrogen (secondary N) is 2. The average molecular weight is 491 g/mol. The van der Waals surface area contributed by atoms with Crippen molar-refractivity contribution in [1.29, 1.82) is 0 Å². The summed E-state index contributed by atoms with van der Waals surface area (Å²) in [6.45, 7) is 3.79. The smallest absolute Gasteiger partial charge is 0.255 e. The zero-order valence-electron chi connectivity index (χ0n) is 17.5. The highest BCUT2D eigenvalue weighted by Crippen LogP contribution is 2.34. The molecular formula is C23H20Cl2N2O4S. The molecule has 32 heavy (non-hydrogen) atoms. The van der Waals surface area contributed by atoms with Gasteiger partial charge in [0.1, 0.15) is 0 Å². The number of anilines is 2. The monoisotopic (exact) mass is 490 g/mol. The van der Waals surface area contributed by atoms with Gasteiger partial charge in [-0.15, -0.1) is 0 Å². The number of halogens is 2. The van der Waals surface area contributed by atoms with Crippen LogP contribution in [0.15, 0.2) is 59.5 Å². The molecule has 9 heteroatoms. The summed E-state index contributed by atoms with van der Waals surface area (Å²) in [5, 5.41) is 5.65. The van der Waals surface area contributed by atoms with Crippen molar-refractivity contribution >= 4 is 56.2 Å². The summed E-state index contributed by atoms with van der Waals surface area (Å²) < 4.78 is 23.1. The number of hydrogen-bond acceptors (Lipinski definition) is 4. The van der Waals surface area contributed by atoms with Crippen molar-refractivity contribution < 1.29 is 18.0 Å². The normalized spacial score (nSPS) is 11.2. The molecular weight excluding hydrogens is 471 g/mol. The molecule has 0 saturated carbocycles. The van der Waals surface area contributed by atoms with Gasteiger partial charge < -0.3 is 10.6 Å². The van der Waals surface area contributed by atoms with Crippen LogP contribution in [0.4, 0.5) is 11.4 Å². The maximum atomic E-state index is 12.6. The van der Waals surface area contributed by atoms with Crippen LogP contribution in [0, 0.1) is 13.8 Å². The van der Waals surface area contributed by atoms with E-state index in [0.29, 0.717) is 11.3 Å². The Balaban J connectivity index is 1.79. The zero-order chi connectivity index (χ0) is 23.6. The van der Waals surface area contributed by atoms with Crippen molar-refractivity contribution in [3.05, 3.63) is 86.9 Å². The largest absolute Gasteiger partial charge is 0.322 e. The number of sulfone groups is 1. The summed E-state index contributed by atoms with van der Waals surface area (Å²) in [4.78, 5) is 25.3. The fourth-order valence-electron chi connectivity index (χ4n) is 3.00. The minimum Gasteiger partial charge on any atom is -0.322 e. The van der Waals surface area contributed by atoms with Gasteiger partial charge in [0.2, 0.25) is 0 Å². The summed E-state index contributed by atoms with van der Waals surface area (Å²) in [7, 11) is -3.37. The lowest BCUT2D eigenvalue weighted by atomic mass is 10.0. The van der Waals surface area contributed by atoms with E-state index in [9.17, 15) is 18.0 Å². The summed E-state index contributed by atoms with van der Waals surface area (Å²) >= 11 is 12.6. The van der Waals surface area contributed by atoms with E-state index in [1.807, 2.05) is 19.9 Å². The highest BCUT2D eigenvalue weighted by Gasteiger charge is 2.16. The first-order valence-electron chi connectivity index (χ1n) is 9.45. The first kappa shape index (κ1) is 23.8. The summed E-state index contributed by atoms with van der Waals surface area (Å²) in [6.07, 6.45) is 1.09. The number of carbonyl (C=O) groups is 2. The molecule has 0 atom stereocenters. The second-order valence-electron chi connectivity index (χ2n) is 7.27. The lowest BCUT2D eigenvalue weighted by Gasteiger charge is -2.14. The number of rotatable bonds is 5. The Kier molecular flexibility index (Phi) is 6.93. The van der Waals surface area contributed by atoms with Crippen LogP contribution in [0.1, 0.15) is 31.8 Å². The van der Waals surface area contributed by atoms with Crippen LogP contribution < -0.4 is 10.6 Å². The lowest BCUT2D eigenvalue weighted by Crippen LogP contribution is -2.15. The third-order valence-electron chi connectivity index (χ3n) is 4.93. The van der Waals surface area contributed by atoms with Gasteiger partial charge in [-0.3, -0.25) is 9.59 Å². The lowest BCUT2D eigenvalue weighted by molar-refractivity contribution is 0.101. The molecule has 166 valence electrons. The number of benzene rings is 3. The standard InChI is InChI=1S/C23H20Cl2N2O4S/c1-13-5-4-6-18(14(13)2)23(29)26-16-11-19(24)21(20(25)12-16)27-22(28)15-7-9-17(10-8-15)32(3,30)31/h4-12H,1-3H3,(H,26,29)(H,27,28). The van der Waals surface area contributed by atoms with Gasteiger partial charge in [-0.1, -0.05) is 35.3 Å². The fraction of sp³-hybridized carbons (Fsp3) is 0.130. The summed E-state index contributed by atoms with van der Waals surface area (Å²) in [6, 6.07) is 13.9. The second kappa shape index (κ2) is 9.32. The van der Waals surface area contributed by atoms with Crippen LogP contribution in [-0.4, -0.2) is 26.5 Å². The molecule has 2 amide bonds. The maximum Gasteiger partial charge on any atom is 0.255 e. The van der Waals surface area contributed by atoms with Crippen molar-refractivity contribution in [3.63, 3.8) is 0 Å². The third kappa shape index (κ3) is 5.30. The number of aryl methyl sites for hydroxylation is 1. The Labute approximate surface area is 196 Å². The molecule has 2 N–H and O–H groups in total. The van der Waals surface area contributed by atoms with Crippen LogP contribution in [0.5, 0.6) is 0 Å². The van der Waals surface area contributed by atoms with Crippen molar-refractivity contribution in [2.75, 3.05) is 16.9 Å². The van der Waals surface area contributed by atoms with Crippen molar-refractivity contribution in [1.82, 2.24) is 0 Å². The van der Waals surface area contributed by atoms with Crippen LogP contribution in [0.25, 0.3) is 0 Å². The van der Waals surface area contributed by atoms with Gasteiger partial charge in [0, 0.05) is 23.1 Å².